The van der Waals surface area contributed by atoms with E-state index in [1.807, 2.05) is 0 Å². The van der Waals surface area contributed by atoms with Crippen molar-refractivity contribution in [3.63, 3.8) is 0 Å². The zero-order valence-electron chi connectivity index (χ0n) is 8.03. The fourth-order valence-electron chi connectivity index (χ4n) is 1.76. The summed E-state index contributed by atoms with van der Waals surface area (Å²) >= 11 is 5.49. The molecule has 1 fully saturated rings. The van der Waals surface area contributed by atoms with Crippen LogP contribution in [0, 0.1) is 5.95 Å². The number of hydrogen-bond donors (Lipinski definition) is 1. The Bertz CT molecular complexity index is 363. The zero-order valence-corrected chi connectivity index (χ0v) is 8.78. The number of anilines is 1. The van der Waals surface area contributed by atoms with Crippen molar-refractivity contribution in [2.45, 2.75) is 18.9 Å². The highest BCUT2D eigenvalue weighted by Crippen LogP contribution is 2.23. The second-order valence-corrected chi connectivity index (χ2v) is 3.89. The lowest BCUT2D eigenvalue weighted by Gasteiger charge is -2.22. The number of rotatable bonds is 2. The number of aliphatic hydroxyl groups is 1. The van der Waals surface area contributed by atoms with Gasteiger partial charge in [0.25, 0.3) is 0 Å². The van der Waals surface area contributed by atoms with Crippen LogP contribution in [0.1, 0.15) is 12.8 Å². The molecule has 0 aromatic carbocycles. The fraction of sp³-hybridized carbons (Fsp3) is 0.556. The highest BCUT2D eigenvalue weighted by Gasteiger charge is 2.26. The third-order valence-electron chi connectivity index (χ3n) is 2.53. The van der Waals surface area contributed by atoms with E-state index in [1.165, 1.54) is 6.20 Å². The van der Waals surface area contributed by atoms with E-state index in [0.717, 1.165) is 19.4 Å². The van der Waals surface area contributed by atoms with Crippen LogP contribution in [0.15, 0.2) is 6.20 Å². The van der Waals surface area contributed by atoms with E-state index in [0.29, 0.717) is 5.95 Å². The van der Waals surface area contributed by atoms with Crippen LogP contribution in [0.2, 0.25) is 5.02 Å². The minimum atomic E-state index is -0.717. The predicted octanol–water partition coefficient (Wildman–Crippen LogP) is 1.23. The first-order valence-corrected chi connectivity index (χ1v) is 5.15. The second-order valence-electron chi connectivity index (χ2n) is 3.48. The first-order valence-electron chi connectivity index (χ1n) is 4.78. The van der Waals surface area contributed by atoms with E-state index in [1.54, 1.807) is 4.90 Å². The normalized spacial score (nSPS) is 21.0. The van der Waals surface area contributed by atoms with Crippen molar-refractivity contribution >= 4 is 17.5 Å². The van der Waals surface area contributed by atoms with Gasteiger partial charge < -0.3 is 10.0 Å². The summed E-state index contributed by atoms with van der Waals surface area (Å²) in [5.41, 5.74) is 0. The summed E-state index contributed by atoms with van der Waals surface area (Å²) in [5.74, 6) is -0.418. The first-order chi connectivity index (χ1) is 7.22. The van der Waals surface area contributed by atoms with E-state index >= 15 is 0 Å². The van der Waals surface area contributed by atoms with Gasteiger partial charge in [0.05, 0.1) is 18.8 Å². The summed E-state index contributed by atoms with van der Waals surface area (Å²) in [6, 6.07) is -0.00873. The van der Waals surface area contributed by atoms with Crippen LogP contribution in [-0.2, 0) is 0 Å². The molecule has 1 atom stereocenters. The topological polar surface area (TPSA) is 49.2 Å². The quantitative estimate of drug-likeness (QED) is 0.778. The molecule has 0 bridgehead atoms. The molecule has 0 spiro atoms. The number of halogens is 2. The van der Waals surface area contributed by atoms with E-state index in [2.05, 4.69) is 9.97 Å². The minimum Gasteiger partial charge on any atom is -0.394 e. The highest BCUT2D eigenvalue weighted by molar-refractivity contribution is 6.30. The van der Waals surface area contributed by atoms with Gasteiger partial charge in [0.2, 0.25) is 11.9 Å². The van der Waals surface area contributed by atoms with Gasteiger partial charge in [-0.05, 0) is 12.8 Å². The summed E-state index contributed by atoms with van der Waals surface area (Å²) < 4.78 is 13.1. The van der Waals surface area contributed by atoms with Crippen molar-refractivity contribution in [2.24, 2.45) is 0 Å². The molecule has 82 valence electrons. The van der Waals surface area contributed by atoms with Crippen molar-refractivity contribution in [3.05, 3.63) is 17.2 Å². The van der Waals surface area contributed by atoms with Gasteiger partial charge in [-0.15, -0.1) is 0 Å². The van der Waals surface area contributed by atoms with E-state index in [4.69, 9.17) is 16.7 Å². The van der Waals surface area contributed by atoms with Crippen molar-refractivity contribution < 1.29 is 9.50 Å². The highest BCUT2D eigenvalue weighted by atomic mass is 35.5. The maximum atomic E-state index is 13.1. The van der Waals surface area contributed by atoms with Crippen LogP contribution in [0.4, 0.5) is 10.3 Å². The zero-order chi connectivity index (χ0) is 10.8. The Balaban J connectivity index is 2.25. The second kappa shape index (κ2) is 4.28. The maximum absolute atomic E-state index is 13.1. The predicted molar refractivity (Wildman–Crippen MR) is 54.5 cm³/mol. The van der Waals surface area contributed by atoms with E-state index < -0.39 is 5.95 Å². The average Bonchev–Trinajstić information content (AvgIpc) is 2.70. The third-order valence-corrected chi connectivity index (χ3v) is 2.79. The Morgan fingerprint density at radius 2 is 2.47 bits per heavy atom. The van der Waals surface area contributed by atoms with Crippen molar-refractivity contribution in [1.82, 2.24) is 9.97 Å². The molecule has 1 aromatic heterocycles. The van der Waals surface area contributed by atoms with Crippen molar-refractivity contribution in [1.29, 1.82) is 0 Å². The molecule has 15 heavy (non-hydrogen) atoms. The lowest BCUT2D eigenvalue weighted by Crippen LogP contribution is -2.33. The molecule has 6 heteroatoms. The molecule has 1 saturated heterocycles. The Kier molecular flexibility index (Phi) is 3.02. The molecule has 0 amide bonds. The van der Waals surface area contributed by atoms with Gasteiger partial charge in [-0.2, -0.15) is 9.37 Å². The summed E-state index contributed by atoms with van der Waals surface area (Å²) in [6.45, 7) is 0.778. The summed E-state index contributed by atoms with van der Waals surface area (Å²) in [5, 5.41) is 9.02. The van der Waals surface area contributed by atoms with Crippen LogP contribution in [-0.4, -0.2) is 34.3 Å². The standard InChI is InChI=1S/C9H11ClFN3O/c10-7-4-12-9(13-8(7)11)14-3-1-2-6(14)5-15/h4,6,15H,1-3,5H2/t6-/m1/s1. The third kappa shape index (κ3) is 2.03. The van der Waals surface area contributed by atoms with Crippen LogP contribution in [0.25, 0.3) is 0 Å². The molecule has 1 aromatic rings. The number of aliphatic hydroxyl groups excluding tert-OH is 1. The Labute approximate surface area is 91.7 Å². The van der Waals surface area contributed by atoms with Crippen molar-refractivity contribution in [3.8, 4) is 0 Å². The van der Waals surface area contributed by atoms with E-state index in [9.17, 15) is 4.39 Å². The molecule has 0 saturated carbocycles. The molecular formula is C9H11ClFN3O. The average molecular weight is 232 g/mol. The lowest BCUT2D eigenvalue weighted by atomic mass is 10.2. The van der Waals surface area contributed by atoms with Crippen LogP contribution >= 0.6 is 11.6 Å². The van der Waals surface area contributed by atoms with Crippen LogP contribution in [0.3, 0.4) is 0 Å². The molecule has 0 radical (unpaired) electrons. The lowest BCUT2D eigenvalue weighted by molar-refractivity contribution is 0.265. The van der Waals surface area contributed by atoms with Crippen LogP contribution < -0.4 is 4.90 Å². The Hall–Kier alpha value is -0.940. The summed E-state index contributed by atoms with van der Waals surface area (Å²) in [6.07, 6.45) is 3.08. The minimum absolute atomic E-state index is 0.00873. The molecule has 2 rings (SSSR count). The Morgan fingerprint density at radius 3 is 3.13 bits per heavy atom. The monoisotopic (exact) mass is 231 g/mol. The number of aromatic nitrogens is 2. The Morgan fingerprint density at radius 1 is 1.67 bits per heavy atom. The largest absolute Gasteiger partial charge is 0.394 e. The number of hydrogen-bond acceptors (Lipinski definition) is 4. The molecule has 1 aliphatic heterocycles. The summed E-state index contributed by atoms with van der Waals surface area (Å²) in [7, 11) is 0. The van der Waals surface area contributed by atoms with Gasteiger partial charge >= 0.3 is 0 Å². The molecule has 2 heterocycles. The number of nitrogens with zero attached hydrogens (tertiary/aromatic N) is 3. The smallest absolute Gasteiger partial charge is 0.236 e. The van der Waals surface area contributed by atoms with Gasteiger partial charge in [-0.1, -0.05) is 11.6 Å². The van der Waals surface area contributed by atoms with Crippen LogP contribution in [0.5, 0.6) is 0 Å². The molecule has 4 nitrogen and oxygen atoms in total. The van der Waals surface area contributed by atoms with Crippen molar-refractivity contribution in [2.75, 3.05) is 18.1 Å². The van der Waals surface area contributed by atoms with Gasteiger partial charge in [-0.3, -0.25) is 0 Å². The van der Waals surface area contributed by atoms with Gasteiger partial charge in [0, 0.05) is 6.54 Å². The summed E-state index contributed by atoms with van der Waals surface area (Å²) in [4.78, 5) is 9.41. The fourth-order valence-corrected chi connectivity index (χ4v) is 1.86. The first kappa shape index (κ1) is 10.6. The maximum Gasteiger partial charge on any atom is 0.236 e. The molecule has 1 N–H and O–H groups in total. The molecular weight excluding hydrogens is 221 g/mol. The SMILES string of the molecule is OC[C@H]1CCCN1c1ncc(Cl)c(F)n1. The van der Waals surface area contributed by atoms with Gasteiger partial charge in [0.15, 0.2) is 0 Å². The van der Waals surface area contributed by atoms with E-state index in [-0.39, 0.29) is 17.7 Å². The molecule has 0 unspecified atom stereocenters. The van der Waals surface area contributed by atoms with Gasteiger partial charge in [-0.25, -0.2) is 4.98 Å². The van der Waals surface area contributed by atoms with Gasteiger partial charge in [0.1, 0.15) is 5.02 Å². The molecule has 1 aliphatic rings. The molecule has 0 aliphatic carbocycles.